The number of carbonyl (C=O) groups excluding carboxylic acids is 2. The van der Waals surface area contributed by atoms with E-state index in [1.54, 1.807) is 30.3 Å². The molecule has 1 aromatic carbocycles. The lowest BCUT2D eigenvalue weighted by molar-refractivity contribution is -0.125. The molecule has 0 aliphatic carbocycles. The molecule has 1 atom stereocenters. The molecule has 1 saturated heterocycles. The Balaban J connectivity index is 1.26. The number of aromatic nitrogens is 1. The van der Waals surface area contributed by atoms with Crippen LogP contribution in [0.2, 0.25) is 0 Å². The molecule has 2 aromatic heterocycles. The third-order valence-corrected chi connectivity index (χ3v) is 6.89. The van der Waals surface area contributed by atoms with Crippen molar-refractivity contribution in [2.45, 2.75) is 45.2 Å². The highest BCUT2D eigenvalue weighted by molar-refractivity contribution is 5.96. The molecule has 1 N–H and O–H groups in total. The van der Waals surface area contributed by atoms with Gasteiger partial charge in [-0.3, -0.25) is 14.5 Å². The fourth-order valence-corrected chi connectivity index (χ4v) is 4.98. The van der Waals surface area contributed by atoms with Gasteiger partial charge in [0, 0.05) is 36.8 Å². The third-order valence-electron chi connectivity index (χ3n) is 6.89. The molecule has 1 fully saturated rings. The average molecular weight is 459 g/mol. The van der Waals surface area contributed by atoms with Crippen LogP contribution in [0, 0.1) is 6.92 Å². The van der Waals surface area contributed by atoms with Crippen LogP contribution in [0.4, 0.5) is 5.82 Å². The second-order valence-corrected chi connectivity index (χ2v) is 9.22. The van der Waals surface area contributed by atoms with Crippen molar-refractivity contribution in [1.82, 2.24) is 14.8 Å². The summed E-state index contributed by atoms with van der Waals surface area (Å²) < 4.78 is 5.82. The van der Waals surface area contributed by atoms with Crippen LogP contribution in [0.15, 0.2) is 47.0 Å². The molecule has 0 unspecified atom stereocenters. The maximum absolute atomic E-state index is 12.8. The van der Waals surface area contributed by atoms with Crippen molar-refractivity contribution in [3.63, 3.8) is 0 Å². The van der Waals surface area contributed by atoms with E-state index in [1.807, 2.05) is 37.3 Å². The van der Waals surface area contributed by atoms with E-state index in [0.717, 1.165) is 72.2 Å². The quantitative estimate of drug-likeness (QED) is 0.581. The second kappa shape index (κ2) is 9.43. The Bertz CT molecular complexity index is 1260. The summed E-state index contributed by atoms with van der Waals surface area (Å²) in [7, 11) is 1.79. The Hall–Kier alpha value is -3.45. The van der Waals surface area contributed by atoms with Crippen LogP contribution in [0.3, 0.4) is 0 Å². The number of fused-ring (bicyclic) bond motifs is 2. The molecule has 34 heavy (non-hydrogen) atoms. The van der Waals surface area contributed by atoms with Gasteiger partial charge in [-0.05, 0) is 75.0 Å². The molecule has 2 amide bonds. The summed E-state index contributed by atoms with van der Waals surface area (Å²) >= 11 is 0. The topological polar surface area (TPSA) is 78.7 Å². The van der Waals surface area contributed by atoms with E-state index in [2.05, 4.69) is 15.2 Å². The molecule has 3 aromatic rings. The van der Waals surface area contributed by atoms with Crippen molar-refractivity contribution in [3.8, 4) is 0 Å². The minimum Gasteiger partial charge on any atom is -0.461 e. The molecule has 2 aliphatic heterocycles. The van der Waals surface area contributed by atoms with Crippen LogP contribution in [0.25, 0.3) is 17.0 Å². The number of rotatable bonds is 5. The predicted octanol–water partition coefficient (Wildman–Crippen LogP) is 4.16. The number of para-hydroxylation sites is 1. The highest BCUT2D eigenvalue weighted by Crippen LogP contribution is 2.27. The SMILES string of the molecule is Cc1oc2ccccc2c1CN(C)C(=O)/C=C/c1cnc2c(c1)CC[C@H](N1CCCC1)C(=O)N2. The van der Waals surface area contributed by atoms with Gasteiger partial charge in [0.1, 0.15) is 17.2 Å². The van der Waals surface area contributed by atoms with Crippen molar-refractivity contribution in [2.24, 2.45) is 0 Å². The molecule has 7 nitrogen and oxygen atoms in total. The molecule has 2 aliphatic rings. The van der Waals surface area contributed by atoms with Gasteiger partial charge < -0.3 is 14.6 Å². The minimum absolute atomic E-state index is 0.0373. The zero-order chi connectivity index (χ0) is 23.7. The summed E-state index contributed by atoms with van der Waals surface area (Å²) in [6.45, 7) is 4.37. The number of benzene rings is 1. The zero-order valence-corrected chi connectivity index (χ0v) is 19.7. The summed E-state index contributed by atoms with van der Waals surface area (Å²) in [5, 5.41) is 4.04. The number of carbonyl (C=O) groups is 2. The zero-order valence-electron chi connectivity index (χ0n) is 19.7. The van der Waals surface area contributed by atoms with E-state index < -0.39 is 0 Å². The van der Waals surface area contributed by atoms with Gasteiger partial charge in [0.2, 0.25) is 11.8 Å². The number of nitrogens with zero attached hydrogens (tertiary/aromatic N) is 3. The summed E-state index contributed by atoms with van der Waals surface area (Å²) in [6, 6.07) is 9.81. The highest BCUT2D eigenvalue weighted by Gasteiger charge is 2.31. The number of nitrogens with one attached hydrogen (secondary N) is 1. The number of furan rings is 1. The molecular weight excluding hydrogens is 428 g/mol. The fraction of sp³-hybridized carbons (Fsp3) is 0.370. The van der Waals surface area contributed by atoms with Crippen LogP contribution >= 0.6 is 0 Å². The summed E-state index contributed by atoms with van der Waals surface area (Å²) in [4.78, 5) is 33.9. The first-order valence-electron chi connectivity index (χ1n) is 11.9. The van der Waals surface area contributed by atoms with E-state index in [1.165, 1.54) is 0 Å². The normalized spacial score (nSPS) is 18.8. The molecule has 0 spiro atoms. The lowest BCUT2D eigenvalue weighted by Gasteiger charge is -2.24. The van der Waals surface area contributed by atoms with E-state index in [4.69, 9.17) is 4.42 Å². The van der Waals surface area contributed by atoms with Crippen molar-refractivity contribution >= 4 is 34.7 Å². The molecule has 0 radical (unpaired) electrons. The monoisotopic (exact) mass is 458 g/mol. The number of amides is 2. The Morgan fingerprint density at radius 2 is 2.09 bits per heavy atom. The van der Waals surface area contributed by atoms with Crippen LogP contribution in [-0.4, -0.2) is 52.8 Å². The molecular formula is C27H30N4O3. The molecule has 7 heteroatoms. The lowest BCUT2D eigenvalue weighted by atomic mass is 10.0. The molecule has 176 valence electrons. The molecule has 0 bridgehead atoms. The first kappa shape index (κ1) is 22.3. The van der Waals surface area contributed by atoms with Gasteiger partial charge in [0.15, 0.2) is 0 Å². The van der Waals surface area contributed by atoms with Gasteiger partial charge >= 0.3 is 0 Å². The Morgan fingerprint density at radius 3 is 2.91 bits per heavy atom. The summed E-state index contributed by atoms with van der Waals surface area (Å²) in [5.41, 5.74) is 3.72. The Kier molecular flexibility index (Phi) is 6.20. The number of pyridine rings is 1. The van der Waals surface area contributed by atoms with Gasteiger partial charge in [0.05, 0.1) is 6.04 Å². The number of likely N-dealkylation sites (tertiary alicyclic amines) is 1. The van der Waals surface area contributed by atoms with Gasteiger partial charge in [0.25, 0.3) is 0 Å². The number of hydrogen-bond donors (Lipinski definition) is 1. The highest BCUT2D eigenvalue weighted by atomic mass is 16.3. The standard InChI is InChI=1S/C27H30N4O3/c1-18-22(21-7-3-4-8-24(21)34-18)17-30(2)25(32)12-9-19-15-20-10-11-23(31-13-5-6-14-31)27(33)29-26(20)28-16-19/h3-4,7-9,12,15-16,23H,5-6,10-11,13-14,17H2,1-2H3,(H,28,29,33)/b12-9+/t23-/m0/s1. The maximum atomic E-state index is 12.8. The van der Waals surface area contributed by atoms with E-state index in [9.17, 15) is 9.59 Å². The Labute approximate surface area is 199 Å². The summed E-state index contributed by atoms with van der Waals surface area (Å²) in [6.07, 6.45) is 8.94. The average Bonchev–Trinajstić information content (AvgIpc) is 3.43. The second-order valence-electron chi connectivity index (χ2n) is 9.22. The van der Waals surface area contributed by atoms with E-state index >= 15 is 0 Å². The van der Waals surface area contributed by atoms with Gasteiger partial charge in [-0.1, -0.05) is 18.2 Å². The summed E-state index contributed by atoms with van der Waals surface area (Å²) in [5.74, 6) is 1.40. The Morgan fingerprint density at radius 1 is 1.29 bits per heavy atom. The number of anilines is 1. The van der Waals surface area contributed by atoms with Crippen LogP contribution in [-0.2, 0) is 22.6 Å². The predicted molar refractivity (Wildman–Crippen MR) is 132 cm³/mol. The van der Waals surface area contributed by atoms with Crippen molar-refractivity contribution in [1.29, 1.82) is 0 Å². The number of hydrogen-bond acceptors (Lipinski definition) is 5. The van der Waals surface area contributed by atoms with Crippen molar-refractivity contribution < 1.29 is 14.0 Å². The van der Waals surface area contributed by atoms with Gasteiger partial charge in [-0.2, -0.15) is 0 Å². The first-order valence-corrected chi connectivity index (χ1v) is 11.9. The van der Waals surface area contributed by atoms with Crippen molar-refractivity contribution in [3.05, 3.63) is 65.1 Å². The fourth-order valence-electron chi connectivity index (χ4n) is 4.98. The van der Waals surface area contributed by atoms with Crippen molar-refractivity contribution in [2.75, 3.05) is 25.5 Å². The van der Waals surface area contributed by atoms with Crippen LogP contribution in [0.5, 0.6) is 0 Å². The van der Waals surface area contributed by atoms with Gasteiger partial charge in [-0.25, -0.2) is 4.98 Å². The molecule has 4 heterocycles. The van der Waals surface area contributed by atoms with E-state index in [-0.39, 0.29) is 17.9 Å². The molecule has 0 saturated carbocycles. The first-order chi connectivity index (χ1) is 16.5. The number of likely N-dealkylation sites (N-methyl/N-ethyl adjacent to an activating group) is 1. The maximum Gasteiger partial charge on any atom is 0.246 e. The van der Waals surface area contributed by atoms with Crippen LogP contribution < -0.4 is 5.32 Å². The van der Waals surface area contributed by atoms with Gasteiger partial charge in [-0.15, -0.1) is 0 Å². The van der Waals surface area contributed by atoms with E-state index in [0.29, 0.717) is 12.4 Å². The minimum atomic E-state index is -0.0953. The smallest absolute Gasteiger partial charge is 0.246 e. The lowest BCUT2D eigenvalue weighted by Crippen LogP contribution is -2.41. The largest absolute Gasteiger partial charge is 0.461 e. The third kappa shape index (κ3) is 4.48. The number of aryl methyl sites for hydroxylation is 2. The van der Waals surface area contributed by atoms with Crippen LogP contribution in [0.1, 0.15) is 41.7 Å². The molecule has 5 rings (SSSR count).